The largest absolute Gasteiger partial charge is 0.278 e. The van der Waals surface area contributed by atoms with E-state index >= 15 is 0 Å². The first kappa shape index (κ1) is 13.1. The van der Waals surface area contributed by atoms with E-state index in [-0.39, 0.29) is 5.06 Å². The van der Waals surface area contributed by atoms with Gasteiger partial charge in [0.15, 0.2) is 0 Å². The summed E-state index contributed by atoms with van der Waals surface area (Å²) in [7, 11) is 0. The van der Waals surface area contributed by atoms with Gasteiger partial charge >= 0.3 is 0 Å². The molecule has 82 valence electrons. The molecule has 0 aliphatic rings. The van der Waals surface area contributed by atoms with E-state index in [1.54, 1.807) is 41.5 Å². The van der Waals surface area contributed by atoms with E-state index in [1.165, 1.54) is 0 Å². The molecule has 0 atom stereocenters. The van der Waals surface area contributed by atoms with Gasteiger partial charge in [-0.3, -0.25) is 14.8 Å². The molecule has 14 heavy (non-hydrogen) atoms. The Morgan fingerprint density at radius 2 is 1.07 bits per heavy atom. The molecule has 1 N–H and O–H groups in total. The molecule has 0 unspecified atom stereocenters. The van der Waals surface area contributed by atoms with Crippen molar-refractivity contribution in [2.45, 2.75) is 41.5 Å². The third-order valence-electron chi connectivity index (χ3n) is 1.67. The molecule has 0 aromatic heterocycles. The van der Waals surface area contributed by atoms with Crippen LogP contribution in [0, 0.1) is 10.8 Å². The molecule has 0 aliphatic heterocycles. The zero-order valence-electron chi connectivity index (χ0n) is 9.71. The van der Waals surface area contributed by atoms with Crippen molar-refractivity contribution < 1.29 is 14.8 Å². The molecule has 0 heterocycles. The number of carbonyl (C=O) groups is 2. The van der Waals surface area contributed by atoms with Crippen molar-refractivity contribution in [2.24, 2.45) is 10.8 Å². The van der Waals surface area contributed by atoms with Crippen LogP contribution in [0.2, 0.25) is 0 Å². The van der Waals surface area contributed by atoms with Crippen LogP contribution in [0.3, 0.4) is 0 Å². The smallest absolute Gasteiger partial charge is 0.258 e. The molecule has 0 saturated carbocycles. The minimum absolute atomic E-state index is 0.222. The van der Waals surface area contributed by atoms with E-state index in [0.29, 0.717) is 0 Å². The highest BCUT2D eigenvalue weighted by Crippen LogP contribution is 2.21. The van der Waals surface area contributed by atoms with E-state index in [4.69, 9.17) is 0 Å². The van der Waals surface area contributed by atoms with Gasteiger partial charge in [0.2, 0.25) is 0 Å². The monoisotopic (exact) mass is 201 g/mol. The second kappa shape index (κ2) is 3.69. The Bertz CT molecular complexity index is 219. The summed E-state index contributed by atoms with van der Waals surface area (Å²) < 4.78 is 0. The van der Waals surface area contributed by atoms with E-state index in [1.807, 2.05) is 0 Å². The number of imide groups is 1. The summed E-state index contributed by atoms with van der Waals surface area (Å²) in [6.07, 6.45) is 0. The van der Waals surface area contributed by atoms with Gasteiger partial charge in [-0.05, 0) is 0 Å². The Hall–Kier alpha value is -0.900. The Morgan fingerprint density at radius 1 is 0.857 bits per heavy atom. The lowest BCUT2D eigenvalue weighted by Crippen LogP contribution is -2.45. The summed E-state index contributed by atoms with van der Waals surface area (Å²) in [5.74, 6) is -1.17. The number of nitrogens with zero attached hydrogens (tertiary/aromatic N) is 1. The predicted molar refractivity (Wildman–Crippen MR) is 52.5 cm³/mol. The lowest BCUT2D eigenvalue weighted by atomic mass is 9.92. The van der Waals surface area contributed by atoms with Gasteiger partial charge in [-0.2, -0.15) is 5.06 Å². The van der Waals surface area contributed by atoms with E-state index in [2.05, 4.69) is 0 Å². The number of rotatable bonds is 0. The van der Waals surface area contributed by atoms with Crippen LogP contribution in [0.25, 0.3) is 0 Å². The topological polar surface area (TPSA) is 57.6 Å². The highest BCUT2D eigenvalue weighted by atomic mass is 16.5. The van der Waals surface area contributed by atoms with Gasteiger partial charge in [-0.1, -0.05) is 41.5 Å². The molecule has 0 aromatic carbocycles. The highest BCUT2D eigenvalue weighted by Gasteiger charge is 2.35. The van der Waals surface area contributed by atoms with Gasteiger partial charge in [0.05, 0.1) is 0 Å². The molecule has 0 bridgehead atoms. The molecular weight excluding hydrogens is 182 g/mol. The Labute approximate surface area is 84.9 Å². The van der Waals surface area contributed by atoms with Crippen LogP contribution in [0.1, 0.15) is 41.5 Å². The average molecular weight is 201 g/mol. The van der Waals surface area contributed by atoms with Crippen LogP contribution in [-0.4, -0.2) is 22.1 Å². The van der Waals surface area contributed by atoms with Gasteiger partial charge in [0.1, 0.15) is 0 Å². The van der Waals surface area contributed by atoms with Crippen molar-refractivity contribution in [3.63, 3.8) is 0 Å². The fraction of sp³-hybridized carbons (Fsp3) is 0.800. The maximum absolute atomic E-state index is 11.5. The molecule has 0 aromatic rings. The third-order valence-corrected chi connectivity index (χ3v) is 1.67. The second-order valence-electron chi connectivity index (χ2n) is 5.42. The summed E-state index contributed by atoms with van der Waals surface area (Å²) in [5, 5.41) is 9.61. The van der Waals surface area contributed by atoms with Crippen LogP contribution in [0.4, 0.5) is 0 Å². The summed E-state index contributed by atoms with van der Waals surface area (Å²) in [5.41, 5.74) is -1.51. The summed E-state index contributed by atoms with van der Waals surface area (Å²) in [6.45, 7) is 9.88. The molecule has 0 spiro atoms. The van der Waals surface area contributed by atoms with E-state index in [9.17, 15) is 14.8 Å². The van der Waals surface area contributed by atoms with Crippen molar-refractivity contribution in [3.8, 4) is 0 Å². The molecule has 0 aliphatic carbocycles. The molecular formula is C10H19NO3. The average Bonchev–Trinajstić information content (AvgIpc) is 1.97. The first-order valence-electron chi connectivity index (χ1n) is 4.56. The Kier molecular flexibility index (Phi) is 3.45. The van der Waals surface area contributed by atoms with Crippen molar-refractivity contribution in [1.82, 2.24) is 5.06 Å². The molecule has 2 amide bonds. The summed E-state index contributed by atoms with van der Waals surface area (Å²) in [4.78, 5) is 23.0. The first-order chi connectivity index (χ1) is 5.98. The quantitative estimate of drug-likeness (QED) is 0.480. The van der Waals surface area contributed by atoms with Crippen molar-refractivity contribution in [3.05, 3.63) is 0 Å². The predicted octanol–water partition coefficient (Wildman–Crippen LogP) is 1.82. The van der Waals surface area contributed by atoms with Crippen LogP contribution >= 0.6 is 0 Å². The van der Waals surface area contributed by atoms with Crippen LogP contribution in [0.5, 0.6) is 0 Å². The van der Waals surface area contributed by atoms with Crippen molar-refractivity contribution in [2.75, 3.05) is 0 Å². The van der Waals surface area contributed by atoms with Crippen LogP contribution in [-0.2, 0) is 9.59 Å². The third kappa shape index (κ3) is 3.10. The van der Waals surface area contributed by atoms with Crippen molar-refractivity contribution in [1.29, 1.82) is 0 Å². The second-order valence-corrected chi connectivity index (χ2v) is 5.42. The number of hydrogen-bond donors (Lipinski definition) is 1. The van der Waals surface area contributed by atoms with E-state index in [0.717, 1.165) is 0 Å². The number of carbonyl (C=O) groups excluding carboxylic acids is 2. The fourth-order valence-corrected chi connectivity index (χ4v) is 0.728. The van der Waals surface area contributed by atoms with Gasteiger partial charge in [-0.15, -0.1) is 0 Å². The lowest BCUT2D eigenvalue weighted by Gasteiger charge is -2.27. The number of hydroxylamine groups is 2. The van der Waals surface area contributed by atoms with Gasteiger partial charge in [-0.25, -0.2) is 0 Å². The molecule has 0 saturated heterocycles. The molecule has 0 rings (SSSR count). The standard InChI is InChI=1S/C10H19NO3/c1-9(2,3)7(12)11(14)8(13)10(4,5)6/h14H,1-6H3. The lowest BCUT2D eigenvalue weighted by molar-refractivity contribution is -0.190. The minimum atomic E-state index is -0.754. The van der Waals surface area contributed by atoms with Gasteiger partial charge < -0.3 is 0 Å². The SMILES string of the molecule is CC(C)(C)C(=O)N(O)C(=O)C(C)(C)C. The van der Waals surface area contributed by atoms with Gasteiger partial charge in [0.25, 0.3) is 11.8 Å². The maximum Gasteiger partial charge on any atom is 0.258 e. The van der Waals surface area contributed by atoms with Crippen LogP contribution < -0.4 is 0 Å². The maximum atomic E-state index is 11.5. The number of hydrogen-bond acceptors (Lipinski definition) is 3. The fourth-order valence-electron chi connectivity index (χ4n) is 0.728. The number of amides is 2. The first-order valence-corrected chi connectivity index (χ1v) is 4.56. The van der Waals surface area contributed by atoms with E-state index < -0.39 is 22.6 Å². The molecule has 4 nitrogen and oxygen atoms in total. The zero-order valence-corrected chi connectivity index (χ0v) is 9.71. The molecule has 4 heteroatoms. The highest BCUT2D eigenvalue weighted by molar-refractivity contribution is 5.98. The summed E-state index contributed by atoms with van der Waals surface area (Å²) >= 11 is 0. The molecule has 0 fully saturated rings. The Balaban J connectivity index is 4.74. The van der Waals surface area contributed by atoms with Gasteiger partial charge in [0, 0.05) is 10.8 Å². The Morgan fingerprint density at radius 3 is 1.21 bits per heavy atom. The zero-order chi connectivity index (χ0) is 11.7. The van der Waals surface area contributed by atoms with Crippen LogP contribution in [0.15, 0.2) is 0 Å². The summed E-state index contributed by atoms with van der Waals surface area (Å²) in [6, 6.07) is 0. The normalized spacial score (nSPS) is 12.5. The molecule has 0 radical (unpaired) electrons. The minimum Gasteiger partial charge on any atom is -0.278 e. The van der Waals surface area contributed by atoms with Crippen molar-refractivity contribution >= 4 is 11.8 Å².